The monoisotopic (exact) mass is 414 g/mol. The highest BCUT2D eigenvalue weighted by Crippen LogP contribution is 2.28. The number of halogens is 2. The van der Waals surface area contributed by atoms with E-state index in [-0.39, 0.29) is 30.9 Å². The van der Waals surface area contributed by atoms with Crippen LogP contribution in [0.2, 0.25) is 0 Å². The van der Waals surface area contributed by atoms with Gasteiger partial charge in [-0.25, -0.2) is 13.8 Å². The molecule has 0 saturated carbocycles. The molecule has 30 heavy (non-hydrogen) atoms. The molecule has 0 fully saturated rings. The predicted octanol–water partition coefficient (Wildman–Crippen LogP) is 4.34. The minimum absolute atomic E-state index is 0.0217. The number of hydrogen-bond donors (Lipinski definition) is 1. The van der Waals surface area contributed by atoms with Crippen LogP contribution >= 0.6 is 0 Å². The Morgan fingerprint density at radius 1 is 1.13 bits per heavy atom. The molecule has 0 unspecified atom stereocenters. The van der Waals surface area contributed by atoms with Crippen molar-refractivity contribution in [3.05, 3.63) is 71.1 Å². The molecule has 0 atom stereocenters. The molecule has 0 aliphatic carbocycles. The SMILES string of the molecule is COc1ccc(F)c(-c2nc(OCc3ccc(CCC(=O)O)c(F)c3)cnc2C)c1. The zero-order chi connectivity index (χ0) is 21.7. The van der Waals surface area contributed by atoms with E-state index < -0.39 is 17.6 Å². The van der Waals surface area contributed by atoms with Crippen molar-refractivity contribution in [2.75, 3.05) is 7.11 Å². The second-order valence-electron chi connectivity index (χ2n) is 6.60. The number of carboxylic acids is 1. The van der Waals surface area contributed by atoms with Crippen LogP contribution in [0.15, 0.2) is 42.6 Å². The second kappa shape index (κ2) is 9.30. The number of methoxy groups -OCH3 is 1. The van der Waals surface area contributed by atoms with Gasteiger partial charge in [0, 0.05) is 12.0 Å². The highest BCUT2D eigenvalue weighted by Gasteiger charge is 2.14. The quantitative estimate of drug-likeness (QED) is 0.591. The molecule has 0 radical (unpaired) electrons. The van der Waals surface area contributed by atoms with Crippen molar-refractivity contribution >= 4 is 5.97 Å². The summed E-state index contributed by atoms with van der Waals surface area (Å²) in [6.07, 6.45) is 1.38. The zero-order valence-corrected chi connectivity index (χ0v) is 16.5. The van der Waals surface area contributed by atoms with Crippen LogP contribution in [-0.4, -0.2) is 28.2 Å². The van der Waals surface area contributed by atoms with Crippen molar-refractivity contribution in [3.8, 4) is 22.9 Å². The van der Waals surface area contributed by atoms with Gasteiger partial charge in [0.15, 0.2) is 0 Å². The molecular formula is C22H20F2N2O4. The maximum absolute atomic E-state index is 14.3. The van der Waals surface area contributed by atoms with Gasteiger partial charge in [-0.2, -0.15) is 0 Å². The third-order valence-corrected chi connectivity index (χ3v) is 4.47. The molecule has 0 saturated heterocycles. The molecule has 6 nitrogen and oxygen atoms in total. The maximum atomic E-state index is 14.3. The van der Waals surface area contributed by atoms with E-state index in [4.69, 9.17) is 14.6 Å². The van der Waals surface area contributed by atoms with Crippen LogP contribution in [0, 0.1) is 18.6 Å². The van der Waals surface area contributed by atoms with Crippen molar-refractivity contribution in [1.29, 1.82) is 0 Å². The van der Waals surface area contributed by atoms with E-state index in [0.29, 0.717) is 28.3 Å². The Kier molecular flexibility index (Phi) is 6.56. The molecule has 0 amide bonds. The van der Waals surface area contributed by atoms with Crippen molar-refractivity contribution in [2.24, 2.45) is 0 Å². The van der Waals surface area contributed by atoms with Gasteiger partial charge in [0.2, 0.25) is 5.88 Å². The standard InChI is InChI=1S/C22H20F2N2O4/c1-13-22(17-10-16(29-2)6-7-18(17)23)26-20(11-25-13)30-12-14-3-4-15(19(24)9-14)5-8-21(27)28/h3-4,6-7,9-11H,5,8,12H2,1-2H3,(H,27,28). The lowest BCUT2D eigenvalue weighted by molar-refractivity contribution is -0.136. The zero-order valence-electron chi connectivity index (χ0n) is 16.5. The highest BCUT2D eigenvalue weighted by molar-refractivity contribution is 5.67. The molecule has 0 bridgehead atoms. The molecule has 1 heterocycles. The summed E-state index contributed by atoms with van der Waals surface area (Å²) in [5.41, 5.74) is 1.94. The Labute approximate surface area is 172 Å². The minimum Gasteiger partial charge on any atom is -0.497 e. The van der Waals surface area contributed by atoms with Gasteiger partial charge in [-0.05, 0) is 48.7 Å². The molecule has 3 rings (SSSR count). The number of rotatable bonds is 8. The summed E-state index contributed by atoms with van der Waals surface area (Å²) in [7, 11) is 1.49. The van der Waals surface area contributed by atoms with Gasteiger partial charge in [-0.3, -0.25) is 9.78 Å². The number of hydrogen-bond acceptors (Lipinski definition) is 5. The van der Waals surface area contributed by atoms with Crippen molar-refractivity contribution < 1.29 is 28.2 Å². The fraction of sp³-hybridized carbons (Fsp3) is 0.227. The Morgan fingerprint density at radius 2 is 1.93 bits per heavy atom. The first-order chi connectivity index (χ1) is 14.4. The Hall–Kier alpha value is -3.55. The molecular weight excluding hydrogens is 394 g/mol. The largest absolute Gasteiger partial charge is 0.497 e. The van der Waals surface area contributed by atoms with Crippen LogP contribution in [0.3, 0.4) is 0 Å². The Bertz CT molecular complexity index is 1070. The average molecular weight is 414 g/mol. The first-order valence-electron chi connectivity index (χ1n) is 9.17. The number of benzene rings is 2. The number of ether oxygens (including phenoxy) is 2. The number of aliphatic carboxylic acids is 1. The highest BCUT2D eigenvalue weighted by atomic mass is 19.1. The van der Waals surface area contributed by atoms with Crippen LogP contribution < -0.4 is 9.47 Å². The molecule has 0 aliphatic heterocycles. The fourth-order valence-corrected chi connectivity index (χ4v) is 2.85. The van der Waals surface area contributed by atoms with Gasteiger partial charge in [0.1, 0.15) is 24.0 Å². The number of aryl methyl sites for hydroxylation is 2. The molecule has 0 aliphatic rings. The van der Waals surface area contributed by atoms with Gasteiger partial charge in [0.05, 0.1) is 24.7 Å². The summed E-state index contributed by atoms with van der Waals surface area (Å²) >= 11 is 0. The van der Waals surface area contributed by atoms with Crippen LogP contribution in [0.1, 0.15) is 23.2 Å². The van der Waals surface area contributed by atoms with Crippen LogP contribution in [-0.2, 0) is 17.8 Å². The Balaban J connectivity index is 1.76. The van der Waals surface area contributed by atoms with Crippen molar-refractivity contribution in [1.82, 2.24) is 9.97 Å². The lowest BCUT2D eigenvalue weighted by Gasteiger charge is -2.11. The summed E-state index contributed by atoms with van der Waals surface area (Å²) in [6, 6.07) is 8.82. The van der Waals surface area contributed by atoms with E-state index in [1.54, 1.807) is 13.0 Å². The van der Waals surface area contributed by atoms with E-state index in [0.717, 1.165) is 0 Å². The minimum atomic E-state index is -0.983. The first kappa shape index (κ1) is 21.2. The smallest absolute Gasteiger partial charge is 0.303 e. The van der Waals surface area contributed by atoms with E-state index in [1.165, 1.54) is 43.6 Å². The van der Waals surface area contributed by atoms with Crippen molar-refractivity contribution in [2.45, 2.75) is 26.4 Å². The normalized spacial score (nSPS) is 10.7. The molecule has 1 aromatic heterocycles. The lowest BCUT2D eigenvalue weighted by Crippen LogP contribution is -2.03. The Morgan fingerprint density at radius 3 is 2.63 bits per heavy atom. The third kappa shape index (κ3) is 5.08. The number of nitrogens with zero attached hydrogens (tertiary/aromatic N) is 2. The maximum Gasteiger partial charge on any atom is 0.303 e. The number of aromatic nitrogens is 2. The fourth-order valence-electron chi connectivity index (χ4n) is 2.85. The van der Waals surface area contributed by atoms with E-state index >= 15 is 0 Å². The third-order valence-electron chi connectivity index (χ3n) is 4.47. The predicted molar refractivity (Wildman–Crippen MR) is 105 cm³/mol. The lowest BCUT2D eigenvalue weighted by atomic mass is 10.1. The molecule has 8 heteroatoms. The number of carboxylic acid groups (broad SMARTS) is 1. The summed E-state index contributed by atoms with van der Waals surface area (Å²) < 4.78 is 39.2. The van der Waals surface area contributed by atoms with E-state index in [2.05, 4.69) is 9.97 Å². The first-order valence-corrected chi connectivity index (χ1v) is 9.17. The molecule has 2 aromatic carbocycles. The van der Waals surface area contributed by atoms with Crippen molar-refractivity contribution in [3.63, 3.8) is 0 Å². The average Bonchev–Trinajstić information content (AvgIpc) is 2.73. The van der Waals surface area contributed by atoms with Crippen LogP contribution in [0.5, 0.6) is 11.6 Å². The van der Waals surface area contributed by atoms with E-state index in [1.807, 2.05) is 0 Å². The summed E-state index contributed by atoms with van der Waals surface area (Å²) in [4.78, 5) is 19.2. The van der Waals surface area contributed by atoms with Gasteiger partial charge in [0.25, 0.3) is 0 Å². The summed E-state index contributed by atoms with van der Waals surface area (Å²) in [5, 5.41) is 8.72. The second-order valence-corrected chi connectivity index (χ2v) is 6.60. The van der Waals surface area contributed by atoms with Gasteiger partial charge in [-0.1, -0.05) is 12.1 Å². The molecule has 156 valence electrons. The van der Waals surface area contributed by atoms with E-state index in [9.17, 15) is 13.6 Å². The molecule has 0 spiro atoms. The van der Waals surface area contributed by atoms with Gasteiger partial charge < -0.3 is 14.6 Å². The molecule has 3 aromatic rings. The van der Waals surface area contributed by atoms with Gasteiger partial charge >= 0.3 is 5.97 Å². The summed E-state index contributed by atoms with van der Waals surface area (Å²) in [6.45, 7) is 1.73. The number of carbonyl (C=O) groups is 1. The molecule has 1 N–H and O–H groups in total. The van der Waals surface area contributed by atoms with Gasteiger partial charge in [-0.15, -0.1) is 0 Å². The van der Waals surface area contributed by atoms with Crippen LogP contribution in [0.4, 0.5) is 8.78 Å². The summed E-state index contributed by atoms with van der Waals surface area (Å²) in [5.74, 6) is -1.30. The van der Waals surface area contributed by atoms with Crippen LogP contribution in [0.25, 0.3) is 11.3 Å². The topological polar surface area (TPSA) is 81.5 Å².